The van der Waals surface area contributed by atoms with E-state index in [1.165, 1.54) is 31.7 Å². The third-order valence-corrected chi connectivity index (χ3v) is 3.71. The Bertz CT molecular complexity index is 395. The highest BCUT2D eigenvalue weighted by molar-refractivity contribution is 5.85. The van der Waals surface area contributed by atoms with E-state index >= 15 is 0 Å². The van der Waals surface area contributed by atoms with Gasteiger partial charge >= 0.3 is 5.97 Å². The second-order valence-electron chi connectivity index (χ2n) is 5.24. The average molecular weight is 248 g/mol. The van der Waals surface area contributed by atoms with Crippen LogP contribution in [0.3, 0.4) is 0 Å². The van der Waals surface area contributed by atoms with E-state index in [9.17, 15) is 4.79 Å². The second-order valence-corrected chi connectivity index (χ2v) is 5.24. The van der Waals surface area contributed by atoms with Crippen LogP contribution in [0.25, 0.3) is 0 Å². The van der Waals surface area contributed by atoms with Crippen LogP contribution in [0.4, 0.5) is 5.69 Å². The second kappa shape index (κ2) is 5.85. The van der Waals surface area contributed by atoms with Crippen molar-refractivity contribution in [2.75, 3.05) is 11.9 Å². The van der Waals surface area contributed by atoms with Crippen LogP contribution >= 0.6 is 0 Å². The van der Waals surface area contributed by atoms with Gasteiger partial charge in [0, 0.05) is 6.54 Å². The van der Waals surface area contributed by atoms with E-state index in [4.69, 9.17) is 5.11 Å². The summed E-state index contributed by atoms with van der Waals surface area (Å²) in [6.45, 7) is 3.28. The summed E-state index contributed by atoms with van der Waals surface area (Å²) >= 11 is 0. The molecule has 1 aromatic rings. The lowest BCUT2D eigenvalue weighted by atomic mass is 9.83. The molecular formula is C14H20N2O2. The number of carboxylic acids is 1. The molecular weight excluding hydrogens is 228 g/mol. The van der Waals surface area contributed by atoms with E-state index in [2.05, 4.69) is 17.2 Å². The van der Waals surface area contributed by atoms with E-state index in [0.29, 0.717) is 0 Å². The standard InChI is InChI=1S/C14H20N2O2/c1-10-2-4-11(5-3-10)8-15-12-6-7-13(14(17)18)16-9-12/h6-7,9-11,15H,2-5,8H2,1H3,(H,17,18). The number of aromatic nitrogens is 1. The Morgan fingerprint density at radius 3 is 2.67 bits per heavy atom. The van der Waals surface area contributed by atoms with Crippen molar-refractivity contribution in [3.8, 4) is 0 Å². The summed E-state index contributed by atoms with van der Waals surface area (Å²) in [5.74, 6) is 0.626. The number of nitrogens with one attached hydrogen (secondary N) is 1. The summed E-state index contributed by atoms with van der Waals surface area (Å²) < 4.78 is 0. The topological polar surface area (TPSA) is 62.2 Å². The Labute approximate surface area is 107 Å². The van der Waals surface area contributed by atoms with Crippen molar-refractivity contribution in [1.29, 1.82) is 0 Å². The predicted molar refractivity (Wildman–Crippen MR) is 70.8 cm³/mol. The molecule has 2 N–H and O–H groups in total. The largest absolute Gasteiger partial charge is 0.477 e. The zero-order valence-corrected chi connectivity index (χ0v) is 10.7. The first-order valence-electron chi connectivity index (χ1n) is 6.58. The predicted octanol–water partition coefficient (Wildman–Crippen LogP) is 3.02. The summed E-state index contributed by atoms with van der Waals surface area (Å²) in [7, 11) is 0. The number of aromatic carboxylic acids is 1. The summed E-state index contributed by atoms with van der Waals surface area (Å²) in [5, 5.41) is 12.1. The Hall–Kier alpha value is -1.58. The summed E-state index contributed by atoms with van der Waals surface area (Å²) in [6, 6.07) is 3.31. The molecule has 0 atom stereocenters. The molecule has 1 aromatic heterocycles. The maximum absolute atomic E-state index is 10.7. The molecule has 0 saturated heterocycles. The van der Waals surface area contributed by atoms with Crippen LogP contribution in [0, 0.1) is 11.8 Å². The lowest BCUT2D eigenvalue weighted by molar-refractivity contribution is 0.0690. The van der Waals surface area contributed by atoms with Gasteiger partial charge in [-0.05, 0) is 36.8 Å². The molecule has 0 radical (unpaired) electrons. The Kier molecular flexibility index (Phi) is 4.18. The van der Waals surface area contributed by atoms with Crippen LogP contribution in [0.5, 0.6) is 0 Å². The number of hydrogen-bond donors (Lipinski definition) is 2. The van der Waals surface area contributed by atoms with Gasteiger partial charge in [0.2, 0.25) is 0 Å². The number of rotatable bonds is 4. The van der Waals surface area contributed by atoms with Crippen LogP contribution in [0.1, 0.15) is 43.1 Å². The molecule has 4 nitrogen and oxygen atoms in total. The number of carboxylic acid groups (broad SMARTS) is 1. The van der Waals surface area contributed by atoms with Crippen LogP contribution in [-0.4, -0.2) is 22.6 Å². The zero-order valence-electron chi connectivity index (χ0n) is 10.7. The molecule has 0 spiro atoms. The number of nitrogens with zero attached hydrogens (tertiary/aromatic N) is 1. The zero-order chi connectivity index (χ0) is 13.0. The Balaban J connectivity index is 1.81. The lowest BCUT2D eigenvalue weighted by Crippen LogP contribution is -2.20. The fraction of sp³-hybridized carbons (Fsp3) is 0.571. The molecule has 1 saturated carbocycles. The van der Waals surface area contributed by atoms with Crippen LogP contribution in [0.15, 0.2) is 18.3 Å². The minimum atomic E-state index is -0.984. The fourth-order valence-electron chi connectivity index (χ4n) is 2.42. The maximum atomic E-state index is 10.7. The molecule has 1 fully saturated rings. The highest BCUT2D eigenvalue weighted by Crippen LogP contribution is 2.28. The first kappa shape index (κ1) is 12.9. The van der Waals surface area contributed by atoms with Gasteiger partial charge in [0.1, 0.15) is 5.69 Å². The molecule has 18 heavy (non-hydrogen) atoms. The third-order valence-electron chi connectivity index (χ3n) is 3.71. The molecule has 1 aliphatic rings. The molecule has 2 rings (SSSR count). The molecule has 1 heterocycles. The van der Waals surface area contributed by atoms with Crippen molar-refractivity contribution >= 4 is 11.7 Å². The molecule has 0 bridgehead atoms. The minimum absolute atomic E-state index is 0.0899. The summed E-state index contributed by atoms with van der Waals surface area (Å²) in [4.78, 5) is 14.6. The SMILES string of the molecule is CC1CCC(CNc2ccc(C(=O)O)nc2)CC1. The molecule has 4 heteroatoms. The summed E-state index contributed by atoms with van der Waals surface area (Å²) in [5.41, 5.74) is 0.991. The fourth-order valence-corrected chi connectivity index (χ4v) is 2.42. The highest BCUT2D eigenvalue weighted by atomic mass is 16.4. The minimum Gasteiger partial charge on any atom is -0.477 e. The van der Waals surface area contributed by atoms with Crippen molar-refractivity contribution in [3.05, 3.63) is 24.0 Å². The number of anilines is 1. The molecule has 0 aliphatic heterocycles. The summed E-state index contributed by atoms with van der Waals surface area (Å²) in [6.07, 6.45) is 6.81. The Morgan fingerprint density at radius 1 is 1.39 bits per heavy atom. The van der Waals surface area contributed by atoms with Crippen molar-refractivity contribution in [2.24, 2.45) is 11.8 Å². The first-order chi connectivity index (χ1) is 8.65. The van der Waals surface area contributed by atoms with Gasteiger partial charge in [0.15, 0.2) is 0 Å². The maximum Gasteiger partial charge on any atom is 0.354 e. The van der Waals surface area contributed by atoms with E-state index in [1.54, 1.807) is 12.3 Å². The third kappa shape index (κ3) is 3.45. The quantitative estimate of drug-likeness (QED) is 0.859. The van der Waals surface area contributed by atoms with Crippen molar-refractivity contribution < 1.29 is 9.90 Å². The number of carbonyl (C=O) groups is 1. The Morgan fingerprint density at radius 2 is 2.11 bits per heavy atom. The van der Waals surface area contributed by atoms with Crippen molar-refractivity contribution in [1.82, 2.24) is 4.98 Å². The van der Waals surface area contributed by atoms with Gasteiger partial charge in [-0.1, -0.05) is 19.8 Å². The molecule has 0 unspecified atom stereocenters. The van der Waals surface area contributed by atoms with Gasteiger partial charge in [-0.3, -0.25) is 0 Å². The van der Waals surface area contributed by atoms with Gasteiger partial charge in [0.25, 0.3) is 0 Å². The van der Waals surface area contributed by atoms with Crippen molar-refractivity contribution in [3.63, 3.8) is 0 Å². The molecule has 98 valence electrons. The highest BCUT2D eigenvalue weighted by Gasteiger charge is 2.17. The van der Waals surface area contributed by atoms with Gasteiger partial charge in [-0.2, -0.15) is 0 Å². The molecule has 1 aliphatic carbocycles. The van der Waals surface area contributed by atoms with E-state index in [-0.39, 0.29) is 5.69 Å². The molecule has 0 amide bonds. The van der Waals surface area contributed by atoms with Gasteiger partial charge in [-0.25, -0.2) is 9.78 Å². The number of pyridine rings is 1. The number of hydrogen-bond acceptors (Lipinski definition) is 3. The van der Waals surface area contributed by atoms with Crippen molar-refractivity contribution in [2.45, 2.75) is 32.6 Å². The lowest BCUT2D eigenvalue weighted by Gasteiger charge is -2.26. The molecule has 0 aromatic carbocycles. The van der Waals surface area contributed by atoms with Gasteiger partial charge < -0.3 is 10.4 Å². The van der Waals surface area contributed by atoms with E-state index in [1.807, 2.05) is 0 Å². The monoisotopic (exact) mass is 248 g/mol. The van der Waals surface area contributed by atoms with Gasteiger partial charge in [-0.15, -0.1) is 0 Å². The van der Waals surface area contributed by atoms with Gasteiger partial charge in [0.05, 0.1) is 11.9 Å². The first-order valence-corrected chi connectivity index (χ1v) is 6.58. The average Bonchev–Trinajstić information content (AvgIpc) is 2.38. The van der Waals surface area contributed by atoms with E-state index in [0.717, 1.165) is 24.1 Å². The smallest absolute Gasteiger partial charge is 0.354 e. The van der Waals surface area contributed by atoms with E-state index < -0.39 is 5.97 Å². The van der Waals surface area contributed by atoms with Crippen LogP contribution < -0.4 is 5.32 Å². The van der Waals surface area contributed by atoms with Crippen LogP contribution in [-0.2, 0) is 0 Å². The normalized spacial score (nSPS) is 23.6. The van der Waals surface area contributed by atoms with Crippen LogP contribution in [0.2, 0.25) is 0 Å².